The SMILES string of the molecule is O=C(/C=C\c1cc([N+](=O)[O-])cc2c1OCOC2)NCCc1ccccc1. The molecule has 1 aliphatic heterocycles. The minimum atomic E-state index is -0.480. The highest BCUT2D eigenvalue weighted by atomic mass is 16.7. The molecule has 0 aliphatic carbocycles. The lowest BCUT2D eigenvalue weighted by Gasteiger charge is -2.19. The molecule has 2 aromatic rings. The predicted octanol–water partition coefficient (Wildman–Crippen LogP) is 2.83. The van der Waals surface area contributed by atoms with E-state index >= 15 is 0 Å². The summed E-state index contributed by atoms with van der Waals surface area (Å²) in [6.07, 6.45) is 3.60. The first kappa shape index (κ1) is 17.6. The maximum Gasteiger partial charge on any atom is 0.270 e. The molecular weight excluding hydrogens is 336 g/mol. The van der Waals surface area contributed by atoms with Crippen molar-refractivity contribution in [3.63, 3.8) is 0 Å². The lowest BCUT2D eigenvalue weighted by molar-refractivity contribution is -0.385. The molecule has 0 bridgehead atoms. The van der Waals surface area contributed by atoms with E-state index in [0.717, 1.165) is 12.0 Å². The van der Waals surface area contributed by atoms with Crippen LogP contribution in [0.4, 0.5) is 5.69 Å². The normalized spacial score (nSPS) is 13.1. The monoisotopic (exact) mass is 354 g/mol. The Hall–Kier alpha value is -3.19. The van der Waals surface area contributed by atoms with Gasteiger partial charge in [0.25, 0.3) is 5.69 Å². The van der Waals surface area contributed by atoms with Gasteiger partial charge in [0.15, 0.2) is 6.79 Å². The topological polar surface area (TPSA) is 90.7 Å². The Kier molecular flexibility index (Phi) is 5.60. The smallest absolute Gasteiger partial charge is 0.270 e. The molecule has 0 aromatic heterocycles. The zero-order valence-electron chi connectivity index (χ0n) is 14.0. The van der Waals surface area contributed by atoms with Crippen LogP contribution >= 0.6 is 0 Å². The number of carbonyl (C=O) groups is 1. The van der Waals surface area contributed by atoms with E-state index in [0.29, 0.717) is 23.4 Å². The van der Waals surface area contributed by atoms with Crippen LogP contribution in [0.3, 0.4) is 0 Å². The van der Waals surface area contributed by atoms with E-state index in [2.05, 4.69) is 5.32 Å². The van der Waals surface area contributed by atoms with E-state index in [4.69, 9.17) is 9.47 Å². The summed E-state index contributed by atoms with van der Waals surface area (Å²) in [5.41, 5.74) is 2.14. The highest BCUT2D eigenvalue weighted by molar-refractivity contribution is 5.92. The Bertz CT molecular complexity index is 833. The molecule has 0 unspecified atom stereocenters. The number of nitro groups is 1. The van der Waals surface area contributed by atoms with Crippen LogP contribution in [-0.2, 0) is 22.6 Å². The highest BCUT2D eigenvalue weighted by Gasteiger charge is 2.19. The quantitative estimate of drug-likeness (QED) is 0.489. The lowest BCUT2D eigenvalue weighted by Crippen LogP contribution is -2.23. The fourth-order valence-corrected chi connectivity index (χ4v) is 2.66. The molecule has 1 amide bonds. The maximum atomic E-state index is 12.0. The maximum absolute atomic E-state index is 12.0. The number of ether oxygens (including phenoxy) is 2. The van der Waals surface area contributed by atoms with Crippen LogP contribution in [0.2, 0.25) is 0 Å². The van der Waals surface area contributed by atoms with Crippen LogP contribution in [0.1, 0.15) is 16.7 Å². The van der Waals surface area contributed by atoms with Crippen LogP contribution in [0.15, 0.2) is 48.5 Å². The van der Waals surface area contributed by atoms with Crippen molar-refractivity contribution >= 4 is 17.7 Å². The second-order valence-corrected chi connectivity index (χ2v) is 5.75. The van der Waals surface area contributed by atoms with Crippen LogP contribution in [-0.4, -0.2) is 24.2 Å². The first-order valence-electron chi connectivity index (χ1n) is 8.15. The number of hydrogen-bond donors (Lipinski definition) is 1. The number of fused-ring (bicyclic) bond motifs is 1. The van der Waals surface area contributed by atoms with Crippen molar-refractivity contribution in [2.45, 2.75) is 13.0 Å². The molecular formula is C19H18N2O5. The number of rotatable bonds is 6. The predicted molar refractivity (Wildman–Crippen MR) is 95.6 cm³/mol. The summed E-state index contributed by atoms with van der Waals surface area (Å²) < 4.78 is 10.6. The van der Waals surface area contributed by atoms with Crippen molar-refractivity contribution in [3.05, 3.63) is 75.3 Å². The number of non-ortho nitro benzene ring substituents is 1. The van der Waals surface area contributed by atoms with Crippen molar-refractivity contribution in [1.29, 1.82) is 0 Å². The molecule has 1 heterocycles. The van der Waals surface area contributed by atoms with E-state index in [-0.39, 0.29) is 25.0 Å². The molecule has 0 fully saturated rings. The van der Waals surface area contributed by atoms with Crippen LogP contribution in [0, 0.1) is 10.1 Å². The van der Waals surface area contributed by atoms with Gasteiger partial charge in [0, 0.05) is 35.9 Å². The molecule has 1 N–H and O–H groups in total. The summed E-state index contributed by atoms with van der Waals surface area (Å²) in [6.45, 7) is 0.820. The third-order valence-corrected chi connectivity index (χ3v) is 3.90. The average Bonchev–Trinajstić information content (AvgIpc) is 2.66. The van der Waals surface area contributed by atoms with E-state index in [1.807, 2.05) is 30.3 Å². The molecule has 7 nitrogen and oxygen atoms in total. The lowest BCUT2D eigenvalue weighted by atomic mass is 10.1. The summed E-state index contributed by atoms with van der Waals surface area (Å²) in [5, 5.41) is 13.9. The van der Waals surface area contributed by atoms with Gasteiger partial charge < -0.3 is 14.8 Å². The molecule has 7 heteroatoms. The fraction of sp³-hybridized carbons (Fsp3) is 0.211. The fourth-order valence-electron chi connectivity index (χ4n) is 2.66. The van der Waals surface area contributed by atoms with Gasteiger partial charge in [-0.2, -0.15) is 0 Å². The van der Waals surface area contributed by atoms with Crippen LogP contribution < -0.4 is 10.1 Å². The number of amides is 1. The molecule has 0 saturated heterocycles. The van der Waals surface area contributed by atoms with Gasteiger partial charge in [0.1, 0.15) is 5.75 Å². The zero-order valence-corrected chi connectivity index (χ0v) is 14.0. The van der Waals surface area contributed by atoms with Crippen LogP contribution in [0.5, 0.6) is 5.75 Å². The van der Waals surface area contributed by atoms with E-state index < -0.39 is 4.92 Å². The molecule has 2 aromatic carbocycles. The van der Waals surface area contributed by atoms with Crippen molar-refractivity contribution in [3.8, 4) is 5.75 Å². The Balaban J connectivity index is 1.66. The highest BCUT2D eigenvalue weighted by Crippen LogP contribution is 2.33. The average molecular weight is 354 g/mol. The van der Waals surface area contributed by atoms with Gasteiger partial charge in [-0.25, -0.2) is 0 Å². The van der Waals surface area contributed by atoms with Gasteiger partial charge in [-0.1, -0.05) is 30.3 Å². The van der Waals surface area contributed by atoms with Gasteiger partial charge in [-0.05, 0) is 18.1 Å². The minimum Gasteiger partial charge on any atom is -0.467 e. The summed E-state index contributed by atoms with van der Waals surface area (Å²) in [4.78, 5) is 22.6. The molecule has 0 saturated carbocycles. The standard InChI is InChI=1S/C19H18N2O5/c22-18(20-9-8-14-4-2-1-3-5-14)7-6-15-10-17(21(23)24)11-16-12-25-13-26-19(15)16/h1-7,10-11H,8-9,12-13H2,(H,20,22)/b7-6-. The second kappa shape index (κ2) is 8.26. The summed E-state index contributed by atoms with van der Waals surface area (Å²) in [7, 11) is 0. The molecule has 0 atom stereocenters. The Morgan fingerprint density at radius 1 is 1.27 bits per heavy atom. The number of nitro benzene ring substituents is 1. The van der Waals surface area contributed by atoms with E-state index in [9.17, 15) is 14.9 Å². The van der Waals surface area contributed by atoms with Gasteiger partial charge in [0.05, 0.1) is 11.5 Å². The van der Waals surface area contributed by atoms with Crippen LogP contribution in [0.25, 0.3) is 6.08 Å². The Morgan fingerprint density at radius 2 is 2.08 bits per heavy atom. The van der Waals surface area contributed by atoms with Crippen molar-refractivity contribution in [1.82, 2.24) is 5.32 Å². The van der Waals surface area contributed by atoms with E-state index in [1.165, 1.54) is 24.3 Å². The third-order valence-electron chi connectivity index (χ3n) is 3.90. The summed E-state index contributed by atoms with van der Waals surface area (Å²) in [6, 6.07) is 12.6. The second-order valence-electron chi connectivity index (χ2n) is 5.75. The molecule has 1 aliphatic rings. The minimum absolute atomic E-state index is 0.0676. The largest absolute Gasteiger partial charge is 0.467 e. The number of hydrogen-bond acceptors (Lipinski definition) is 5. The zero-order chi connectivity index (χ0) is 18.4. The summed E-state index contributed by atoms with van der Waals surface area (Å²) >= 11 is 0. The van der Waals surface area contributed by atoms with Crippen molar-refractivity contribution in [2.24, 2.45) is 0 Å². The Morgan fingerprint density at radius 3 is 2.85 bits per heavy atom. The molecule has 3 rings (SSSR count). The van der Waals surface area contributed by atoms with Gasteiger partial charge in [-0.3, -0.25) is 14.9 Å². The van der Waals surface area contributed by atoms with Gasteiger partial charge in [0.2, 0.25) is 5.91 Å². The number of nitrogens with zero attached hydrogens (tertiary/aromatic N) is 1. The molecule has 134 valence electrons. The molecule has 26 heavy (non-hydrogen) atoms. The summed E-state index contributed by atoms with van der Waals surface area (Å²) in [5.74, 6) is 0.239. The first-order valence-corrected chi connectivity index (χ1v) is 8.15. The van der Waals surface area contributed by atoms with Crippen molar-refractivity contribution in [2.75, 3.05) is 13.3 Å². The molecule has 0 spiro atoms. The van der Waals surface area contributed by atoms with Gasteiger partial charge >= 0.3 is 0 Å². The first-order chi connectivity index (χ1) is 12.6. The van der Waals surface area contributed by atoms with Crippen molar-refractivity contribution < 1.29 is 19.2 Å². The number of carbonyl (C=O) groups excluding carboxylic acids is 1. The Labute approximate surface area is 150 Å². The molecule has 0 radical (unpaired) electrons. The number of benzene rings is 2. The van der Waals surface area contributed by atoms with Gasteiger partial charge in [-0.15, -0.1) is 0 Å². The third kappa shape index (κ3) is 4.46. The number of nitrogens with one attached hydrogen (secondary N) is 1. The van der Waals surface area contributed by atoms with E-state index in [1.54, 1.807) is 0 Å².